The molecule has 1 N–H and O–H groups in total. The van der Waals surface area contributed by atoms with E-state index in [0.29, 0.717) is 42.8 Å². The normalized spacial score (nSPS) is 21.8. The Bertz CT molecular complexity index is 1160. The van der Waals surface area contributed by atoms with E-state index in [9.17, 15) is 4.39 Å². The maximum Gasteiger partial charge on any atom is 0.226 e. The van der Waals surface area contributed by atoms with Crippen LogP contribution in [0.15, 0.2) is 30.3 Å². The average Bonchev–Trinajstić information content (AvgIpc) is 3.32. The molecule has 1 unspecified atom stereocenters. The van der Waals surface area contributed by atoms with Crippen molar-refractivity contribution >= 4 is 45.4 Å². The number of ether oxygens (including phenoxy) is 1. The predicted octanol–water partition coefficient (Wildman–Crippen LogP) is 4.98. The Labute approximate surface area is 225 Å². The SMILES string of the molecule is CCN(C)[C@H]1CC[C@H](CNc2nc(N3CCOCC3)cc(-n3c(C(F)I)nc4ccccc43)n2)CC1. The van der Waals surface area contributed by atoms with Gasteiger partial charge in [-0.2, -0.15) is 9.97 Å². The van der Waals surface area contributed by atoms with Gasteiger partial charge in [0.25, 0.3) is 0 Å². The molecule has 0 spiro atoms. The number of hydrogen-bond donors (Lipinski definition) is 1. The van der Waals surface area contributed by atoms with E-state index in [1.807, 2.05) is 34.9 Å². The van der Waals surface area contributed by atoms with Gasteiger partial charge in [0.2, 0.25) is 10.1 Å². The average molecular weight is 608 g/mol. The van der Waals surface area contributed by atoms with Gasteiger partial charge in [0, 0.05) is 31.7 Å². The van der Waals surface area contributed by atoms with E-state index in [1.165, 1.54) is 25.7 Å². The number of aromatic nitrogens is 4. The highest BCUT2D eigenvalue weighted by Crippen LogP contribution is 2.32. The third-order valence-corrected chi connectivity index (χ3v) is 8.09. The molecule has 2 fully saturated rings. The van der Waals surface area contributed by atoms with Gasteiger partial charge in [-0.1, -0.05) is 19.1 Å². The number of imidazole rings is 1. The second-order valence-corrected chi connectivity index (χ2v) is 10.8. The van der Waals surface area contributed by atoms with E-state index < -0.39 is 4.18 Å². The monoisotopic (exact) mass is 607 g/mol. The molecule has 36 heavy (non-hydrogen) atoms. The molecule has 1 aliphatic heterocycles. The first-order valence-electron chi connectivity index (χ1n) is 12.9. The van der Waals surface area contributed by atoms with Crippen LogP contribution in [0.3, 0.4) is 0 Å². The lowest BCUT2D eigenvalue weighted by molar-refractivity contribution is 0.122. The Morgan fingerprint density at radius 1 is 1.11 bits per heavy atom. The summed E-state index contributed by atoms with van der Waals surface area (Å²) in [6, 6.07) is 10.4. The number of hydrogen-bond acceptors (Lipinski definition) is 7. The van der Waals surface area contributed by atoms with E-state index in [4.69, 9.17) is 14.7 Å². The van der Waals surface area contributed by atoms with Gasteiger partial charge < -0.3 is 19.9 Å². The summed E-state index contributed by atoms with van der Waals surface area (Å²) in [5.74, 6) is 2.97. The smallest absolute Gasteiger partial charge is 0.226 e. The fraction of sp³-hybridized carbons (Fsp3) is 0.577. The molecule has 1 saturated heterocycles. The minimum atomic E-state index is -1.26. The van der Waals surface area contributed by atoms with Crippen molar-refractivity contribution in [2.75, 3.05) is 56.7 Å². The highest BCUT2D eigenvalue weighted by molar-refractivity contribution is 14.1. The van der Waals surface area contributed by atoms with Gasteiger partial charge in [0.05, 0.1) is 24.2 Å². The zero-order chi connectivity index (χ0) is 25.1. The lowest BCUT2D eigenvalue weighted by Gasteiger charge is -2.34. The van der Waals surface area contributed by atoms with Crippen LogP contribution in [0.4, 0.5) is 16.2 Å². The summed E-state index contributed by atoms with van der Waals surface area (Å²) < 4.78 is 20.8. The van der Waals surface area contributed by atoms with E-state index in [2.05, 4.69) is 34.1 Å². The molecule has 0 radical (unpaired) electrons. The van der Waals surface area contributed by atoms with Crippen molar-refractivity contribution in [1.82, 2.24) is 24.4 Å². The Morgan fingerprint density at radius 3 is 2.56 bits per heavy atom. The standard InChI is InChI=1S/C26H35FIN7O/c1-3-33(2)19-10-8-18(9-11-19)17-29-26-31-22(34-12-14-36-15-13-34)16-23(32-26)35-21-7-5-4-6-20(21)30-25(35)24(27)28/h4-7,16,18-19,24H,3,8-15,17H2,1-2H3,(H,29,31,32)/t18-,19-,24?. The predicted molar refractivity (Wildman–Crippen MR) is 150 cm³/mol. The second kappa shape index (κ2) is 11.6. The van der Waals surface area contributed by atoms with Gasteiger partial charge in [-0.15, -0.1) is 0 Å². The van der Waals surface area contributed by atoms with Crippen LogP contribution in [0, 0.1) is 5.92 Å². The summed E-state index contributed by atoms with van der Waals surface area (Å²) >= 11 is 1.77. The number of halogens is 2. The zero-order valence-electron chi connectivity index (χ0n) is 21.0. The molecule has 1 atom stereocenters. The van der Waals surface area contributed by atoms with Crippen molar-refractivity contribution in [1.29, 1.82) is 0 Å². The fourth-order valence-corrected chi connectivity index (χ4v) is 5.70. The number of rotatable bonds is 8. The highest BCUT2D eigenvalue weighted by atomic mass is 127. The molecule has 2 aliphatic rings. The maximum atomic E-state index is 14.7. The minimum Gasteiger partial charge on any atom is -0.378 e. The van der Waals surface area contributed by atoms with E-state index in [-0.39, 0.29) is 0 Å². The molecule has 8 nitrogen and oxygen atoms in total. The number of anilines is 2. The molecule has 2 aromatic heterocycles. The van der Waals surface area contributed by atoms with Crippen LogP contribution in [0.1, 0.15) is 42.6 Å². The van der Waals surface area contributed by atoms with E-state index in [1.54, 1.807) is 22.6 Å². The van der Waals surface area contributed by atoms with Gasteiger partial charge >= 0.3 is 0 Å². The summed E-state index contributed by atoms with van der Waals surface area (Å²) in [4.78, 5) is 19.0. The summed E-state index contributed by atoms with van der Waals surface area (Å²) in [6.45, 7) is 7.02. The molecule has 1 saturated carbocycles. The van der Waals surface area contributed by atoms with Gasteiger partial charge in [-0.3, -0.25) is 4.57 Å². The molecule has 1 aromatic carbocycles. The maximum absolute atomic E-state index is 14.7. The summed E-state index contributed by atoms with van der Waals surface area (Å²) in [7, 11) is 2.22. The Balaban J connectivity index is 1.43. The second-order valence-electron chi connectivity index (χ2n) is 9.73. The van der Waals surface area contributed by atoms with Gasteiger partial charge in [-0.25, -0.2) is 9.37 Å². The van der Waals surface area contributed by atoms with Crippen LogP contribution in [-0.2, 0) is 4.74 Å². The third-order valence-electron chi connectivity index (χ3n) is 7.53. The molecule has 3 aromatic rings. The summed E-state index contributed by atoms with van der Waals surface area (Å²) in [6.07, 6.45) is 4.86. The summed E-state index contributed by atoms with van der Waals surface area (Å²) in [5.41, 5.74) is 1.59. The molecule has 10 heteroatoms. The Morgan fingerprint density at radius 2 is 1.83 bits per heavy atom. The quantitative estimate of drug-likeness (QED) is 0.286. The first-order valence-corrected chi connectivity index (χ1v) is 14.2. The van der Waals surface area contributed by atoms with Crippen molar-refractivity contribution < 1.29 is 9.13 Å². The van der Waals surface area contributed by atoms with Gasteiger partial charge in [-0.05, 0) is 79.9 Å². The molecule has 194 valence electrons. The Kier molecular flexibility index (Phi) is 8.22. The van der Waals surface area contributed by atoms with Crippen molar-refractivity contribution in [3.05, 3.63) is 36.2 Å². The molecular weight excluding hydrogens is 572 g/mol. The largest absolute Gasteiger partial charge is 0.378 e. The number of para-hydroxylation sites is 2. The van der Waals surface area contributed by atoms with Crippen LogP contribution in [0.2, 0.25) is 0 Å². The zero-order valence-corrected chi connectivity index (χ0v) is 23.2. The van der Waals surface area contributed by atoms with Gasteiger partial charge in [0.1, 0.15) is 11.6 Å². The first-order chi connectivity index (χ1) is 17.5. The Hall–Kier alpha value is -2.05. The minimum absolute atomic E-state index is 0.341. The lowest BCUT2D eigenvalue weighted by atomic mass is 9.85. The van der Waals surface area contributed by atoms with Crippen molar-refractivity contribution in [3.8, 4) is 5.82 Å². The van der Waals surface area contributed by atoms with Crippen LogP contribution >= 0.6 is 22.6 Å². The van der Waals surface area contributed by atoms with Crippen LogP contribution in [0.25, 0.3) is 16.9 Å². The highest BCUT2D eigenvalue weighted by Gasteiger charge is 2.25. The lowest BCUT2D eigenvalue weighted by Crippen LogP contribution is -2.37. The number of benzene rings is 1. The molecule has 5 rings (SSSR count). The number of morpholine rings is 1. The molecule has 0 amide bonds. The van der Waals surface area contributed by atoms with Crippen LogP contribution < -0.4 is 10.2 Å². The van der Waals surface area contributed by atoms with Crippen molar-refractivity contribution in [3.63, 3.8) is 0 Å². The number of alkyl halides is 2. The fourth-order valence-electron chi connectivity index (χ4n) is 5.29. The van der Waals surface area contributed by atoms with Crippen LogP contribution in [-0.4, -0.2) is 76.9 Å². The number of nitrogens with zero attached hydrogens (tertiary/aromatic N) is 6. The van der Waals surface area contributed by atoms with Crippen molar-refractivity contribution in [2.45, 2.75) is 42.8 Å². The van der Waals surface area contributed by atoms with Crippen LogP contribution in [0.5, 0.6) is 0 Å². The molecule has 1 aliphatic carbocycles. The number of fused-ring (bicyclic) bond motifs is 1. The topological polar surface area (TPSA) is 71.3 Å². The van der Waals surface area contributed by atoms with E-state index >= 15 is 0 Å². The molecular formula is C26H35FIN7O. The molecule has 3 heterocycles. The van der Waals surface area contributed by atoms with E-state index in [0.717, 1.165) is 43.0 Å². The number of nitrogens with one attached hydrogen (secondary N) is 1. The summed E-state index contributed by atoms with van der Waals surface area (Å²) in [5, 5.41) is 3.53. The van der Waals surface area contributed by atoms with Gasteiger partial charge in [0.15, 0.2) is 5.82 Å². The van der Waals surface area contributed by atoms with Crippen molar-refractivity contribution in [2.24, 2.45) is 5.92 Å². The molecule has 0 bridgehead atoms. The first kappa shape index (κ1) is 25.6. The third kappa shape index (κ3) is 5.60.